The predicted octanol–water partition coefficient (Wildman–Crippen LogP) is 2.29. The molecule has 72 valence electrons. The van der Waals surface area contributed by atoms with Crippen molar-refractivity contribution >= 4 is 5.69 Å². The summed E-state index contributed by atoms with van der Waals surface area (Å²) >= 11 is 0. The molecular formula is C8H9F3N2. The molecule has 1 aromatic heterocycles. The molecule has 1 rings (SSSR count). The minimum Gasteiger partial charge on any atom is -0.385 e. The van der Waals surface area contributed by atoms with Gasteiger partial charge < -0.3 is 5.32 Å². The lowest BCUT2D eigenvalue weighted by molar-refractivity contribution is 0.142. The zero-order valence-corrected chi connectivity index (χ0v) is 6.80. The van der Waals surface area contributed by atoms with Gasteiger partial charge in [0.1, 0.15) is 0 Å². The van der Waals surface area contributed by atoms with E-state index < -0.39 is 12.4 Å². The smallest absolute Gasteiger partial charge is 0.240 e. The summed E-state index contributed by atoms with van der Waals surface area (Å²) in [5, 5.41) is 2.66. The Balaban J connectivity index is 2.37. The van der Waals surface area contributed by atoms with Gasteiger partial charge in [-0.1, -0.05) is 0 Å². The van der Waals surface area contributed by atoms with E-state index in [1.54, 1.807) is 0 Å². The molecule has 5 heteroatoms. The fourth-order valence-electron chi connectivity index (χ4n) is 0.838. The highest BCUT2D eigenvalue weighted by Gasteiger charge is 2.01. The van der Waals surface area contributed by atoms with Gasteiger partial charge >= 0.3 is 0 Å². The van der Waals surface area contributed by atoms with Crippen LogP contribution in [0.3, 0.4) is 0 Å². The summed E-state index contributed by atoms with van der Waals surface area (Å²) in [5.74, 6) is -0.623. The average molecular weight is 190 g/mol. The number of aromatic nitrogens is 1. The normalized spacial score (nSPS) is 10.5. The second kappa shape index (κ2) is 4.69. The van der Waals surface area contributed by atoms with Crippen LogP contribution in [-0.2, 0) is 0 Å². The van der Waals surface area contributed by atoms with Crippen molar-refractivity contribution < 1.29 is 13.2 Å². The number of rotatable bonds is 4. The Labute approximate surface area is 73.8 Å². The van der Waals surface area contributed by atoms with Crippen LogP contribution in [0.5, 0.6) is 0 Å². The second-order valence-electron chi connectivity index (χ2n) is 2.47. The highest BCUT2D eigenvalue weighted by atomic mass is 19.3. The zero-order valence-electron chi connectivity index (χ0n) is 6.80. The van der Waals surface area contributed by atoms with E-state index in [0.717, 1.165) is 6.07 Å². The molecule has 0 unspecified atom stereocenters. The lowest BCUT2D eigenvalue weighted by Crippen LogP contribution is -2.06. The van der Waals surface area contributed by atoms with Crippen LogP contribution in [0, 0.1) is 5.95 Å². The van der Waals surface area contributed by atoms with E-state index in [1.807, 2.05) is 0 Å². The van der Waals surface area contributed by atoms with Crippen LogP contribution >= 0.6 is 0 Å². The summed E-state index contributed by atoms with van der Waals surface area (Å²) in [6.07, 6.45) is -1.30. The van der Waals surface area contributed by atoms with Crippen LogP contribution in [0.25, 0.3) is 0 Å². The molecule has 0 bridgehead atoms. The van der Waals surface area contributed by atoms with E-state index in [2.05, 4.69) is 10.3 Å². The number of hydrogen-bond acceptors (Lipinski definition) is 2. The molecule has 0 saturated carbocycles. The first-order valence-corrected chi connectivity index (χ1v) is 3.82. The summed E-state index contributed by atoms with van der Waals surface area (Å²) in [7, 11) is 0. The van der Waals surface area contributed by atoms with Crippen molar-refractivity contribution in [2.24, 2.45) is 0 Å². The summed E-state index contributed by atoms with van der Waals surface area (Å²) in [6, 6.07) is 2.68. The molecule has 0 aliphatic rings. The molecule has 1 N–H and O–H groups in total. The van der Waals surface area contributed by atoms with Gasteiger partial charge in [0.25, 0.3) is 0 Å². The fraction of sp³-hybridized carbons (Fsp3) is 0.375. The molecule has 1 aromatic rings. The van der Waals surface area contributed by atoms with E-state index in [0.29, 0.717) is 5.69 Å². The minimum absolute atomic E-state index is 0.126. The Bertz CT molecular complexity index is 265. The number of anilines is 1. The zero-order chi connectivity index (χ0) is 9.68. The van der Waals surface area contributed by atoms with Crippen molar-refractivity contribution in [3.8, 4) is 0 Å². The number of nitrogens with one attached hydrogen (secondary N) is 1. The maximum atomic E-state index is 12.5. The molecule has 0 radical (unpaired) electrons. The molecular weight excluding hydrogens is 181 g/mol. The standard InChI is InChI=1S/C8H9F3N2/c9-7(10)2-4-12-6-1-3-13-8(11)5-6/h1,3,5,7H,2,4H2,(H,12,13). The van der Waals surface area contributed by atoms with Gasteiger partial charge in [-0.25, -0.2) is 13.8 Å². The molecule has 0 aliphatic carbocycles. The SMILES string of the molecule is Fc1cc(NCCC(F)F)ccn1. The Kier molecular flexibility index (Phi) is 3.54. The Morgan fingerprint density at radius 1 is 1.46 bits per heavy atom. The summed E-state index contributed by atoms with van der Waals surface area (Å²) in [5.41, 5.74) is 0.466. The quantitative estimate of drug-likeness (QED) is 0.737. The van der Waals surface area contributed by atoms with Crippen LogP contribution in [0.15, 0.2) is 18.3 Å². The summed E-state index contributed by atoms with van der Waals surface area (Å²) in [6.45, 7) is 0.126. The van der Waals surface area contributed by atoms with E-state index in [9.17, 15) is 13.2 Å². The number of hydrogen-bond donors (Lipinski definition) is 1. The largest absolute Gasteiger partial charge is 0.385 e. The van der Waals surface area contributed by atoms with Crippen molar-refractivity contribution in [1.82, 2.24) is 4.98 Å². The number of halogens is 3. The fourth-order valence-corrected chi connectivity index (χ4v) is 0.838. The average Bonchev–Trinajstić information content (AvgIpc) is 2.03. The first kappa shape index (κ1) is 9.83. The maximum absolute atomic E-state index is 12.5. The maximum Gasteiger partial charge on any atom is 0.240 e. The Morgan fingerprint density at radius 3 is 2.85 bits per heavy atom. The van der Waals surface area contributed by atoms with Gasteiger partial charge in [-0.15, -0.1) is 0 Å². The monoisotopic (exact) mass is 190 g/mol. The first-order valence-electron chi connectivity index (χ1n) is 3.82. The molecule has 0 saturated heterocycles. The van der Waals surface area contributed by atoms with Crippen LogP contribution in [0.2, 0.25) is 0 Å². The number of alkyl halides is 2. The second-order valence-corrected chi connectivity index (χ2v) is 2.47. The molecule has 13 heavy (non-hydrogen) atoms. The molecule has 0 atom stereocenters. The number of nitrogens with zero attached hydrogens (tertiary/aromatic N) is 1. The highest BCUT2D eigenvalue weighted by molar-refractivity contribution is 5.40. The van der Waals surface area contributed by atoms with Gasteiger partial charge in [0.2, 0.25) is 12.4 Å². The molecule has 0 aromatic carbocycles. The molecule has 0 spiro atoms. The third-order valence-electron chi connectivity index (χ3n) is 1.42. The predicted molar refractivity (Wildman–Crippen MR) is 43.3 cm³/mol. The molecule has 2 nitrogen and oxygen atoms in total. The van der Waals surface area contributed by atoms with Gasteiger partial charge in [0.15, 0.2) is 0 Å². The van der Waals surface area contributed by atoms with Crippen molar-refractivity contribution in [3.63, 3.8) is 0 Å². The molecule has 0 aliphatic heterocycles. The summed E-state index contributed by atoms with van der Waals surface area (Å²) < 4.78 is 35.8. The third-order valence-corrected chi connectivity index (χ3v) is 1.42. The Morgan fingerprint density at radius 2 is 2.23 bits per heavy atom. The van der Waals surface area contributed by atoms with Crippen molar-refractivity contribution in [3.05, 3.63) is 24.3 Å². The van der Waals surface area contributed by atoms with E-state index in [4.69, 9.17) is 0 Å². The van der Waals surface area contributed by atoms with Crippen LogP contribution < -0.4 is 5.32 Å². The molecule has 0 fully saturated rings. The molecule has 1 heterocycles. The van der Waals surface area contributed by atoms with Crippen molar-refractivity contribution in [1.29, 1.82) is 0 Å². The van der Waals surface area contributed by atoms with Gasteiger partial charge in [-0.05, 0) is 6.07 Å². The van der Waals surface area contributed by atoms with Crippen LogP contribution in [0.1, 0.15) is 6.42 Å². The van der Waals surface area contributed by atoms with Crippen LogP contribution in [-0.4, -0.2) is 18.0 Å². The van der Waals surface area contributed by atoms with Gasteiger partial charge in [-0.3, -0.25) is 0 Å². The molecule has 0 amide bonds. The van der Waals surface area contributed by atoms with Gasteiger partial charge in [-0.2, -0.15) is 4.39 Å². The van der Waals surface area contributed by atoms with Crippen LogP contribution in [0.4, 0.5) is 18.9 Å². The highest BCUT2D eigenvalue weighted by Crippen LogP contribution is 2.07. The van der Waals surface area contributed by atoms with E-state index >= 15 is 0 Å². The van der Waals surface area contributed by atoms with E-state index in [-0.39, 0.29) is 13.0 Å². The van der Waals surface area contributed by atoms with Gasteiger partial charge in [0, 0.05) is 30.9 Å². The van der Waals surface area contributed by atoms with E-state index in [1.165, 1.54) is 12.3 Å². The summed E-state index contributed by atoms with van der Waals surface area (Å²) in [4.78, 5) is 3.33. The van der Waals surface area contributed by atoms with Gasteiger partial charge in [0.05, 0.1) is 0 Å². The minimum atomic E-state index is -2.33. The topological polar surface area (TPSA) is 24.9 Å². The Hall–Kier alpha value is -1.26. The first-order chi connectivity index (χ1) is 6.18. The number of pyridine rings is 1. The van der Waals surface area contributed by atoms with Crippen molar-refractivity contribution in [2.45, 2.75) is 12.8 Å². The lowest BCUT2D eigenvalue weighted by Gasteiger charge is -2.04. The van der Waals surface area contributed by atoms with Crippen molar-refractivity contribution in [2.75, 3.05) is 11.9 Å². The third kappa shape index (κ3) is 3.78. The lowest BCUT2D eigenvalue weighted by atomic mass is 10.3.